The van der Waals surface area contributed by atoms with Crippen molar-refractivity contribution in [1.29, 1.82) is 0 Å². The van der Waals surface area contributed by atoms with Crippen LogP contribution in [0.2, 0.25) is 0 Å². The number of hydrogen-bond acceptors (Lipinski definition) is 6. The Morgan fingerprint density at radius 1 is 0.929 bits per heavy atom. The number of sulfonamides is 1. The molecule has 1 aromatic rings. The van der Waals surface area contributed by atoms with Crippen LogP contribution in [0.5, 0.6) is 11.5 Å². The molecule has 28 heavy (non-hydrogen) atoms. The van der Waals surface area contributed by atoms with Crippen molar-refractivity contribution in [2.24, 2.45) is 0 Å². The quantitative estimate of drug-likeness (QED) is 0.650. The van der Waals surface area contributed by atoms with E-state index in [-0.39, 0.29) is 11.4 Å². The summed E-state index contributed by atoms with van der Waals surface area (Å²) < 4.78 is 44.0. The molecule has 0 spiro atoms. The summed E-state index contributed by atoms with van der Waals surface area (Å²) >= 11 is 0. The molecule has 2 heterocycles. The zero-order chi connectivity index (χ0) is 20.0. The van der Waals surface area contributed by atoms with Gasteiger partial charge in [0.05, 0.1) is 19.0 Å². The maximum atomic E-state index is 13.0. The second-order valence-electron chi connectivity index (χ2n) is 7.47. The normalized spacial score (nSPS) is 20.9. The first-order valence-electron chi connectivity index (χ1n) is 10.0. The minimum Gasteiger partial charge on any atom is -0.497 e. The van der Waals surface area contributed by atoms with Gasteiger partial charge in [0.1, 0.15) is 17.6 Å². The molecule has 2 aliphatic heterocycles. The van der Waals surface area contributed by atoms with Crippen molar-refractivity contribution in [2.75, 3.05) is 53.6 Å². The van der Waals surface area contributed by atoms with Gasteiger partial charge in [0.2, 0.25) is 10.0 Å². The summed E-state index contributed by atoms with van der Waals surface area (Å²) in [7, 11) is 0.0971. The molecule has 158 valence electrons. The van der Waals surface area contributed by atoms with Crippen molar-refractivity contribution in [3.8, 4) is 11.5 Å². The van der Waals surface area contributed by atoms with Crippen LogP contribution in [0.3, 0.4) is 0 Å². The number of methoxy groups -OCH3 is 2. The molecule has 0 radical (unpaired) electrons. The molecule has 0 bridgehead atoms. The number of ether oxygens (including phenoxy) is 3. The summed E-state index contributed by atoms with van der Waals surface area (Å²) in [6, 6.07) is 7.51. The van der Waals surface area contributed by atoms with Gasteiger partial charge in [-0.2, -0.15) is 0 Å². The summed E-state index contributed by atoms with van der Waals surface area (Å²) in [5.74, 6) is 1.59. The molecular formula is C20H32N2O5S. The van der Waals surface area contributed by atoms with E-state index < -0.39 is 10.0 Å². The molecule has 0 unspecified atom stereocenters. The molecular weight excluding hydrogens is 380 g/mol. The van der Waals surface area contributed by atoms with Gasteiger partial charge < -0.3 is 19.1 Å². The Balaban J connectivity index is 1.47. The molecule has 8 heteroatoms. The number of likely N-dealkylation sites (tertiary alicyclic amines) is 1. The highest BCUT2D eigenvalue weighted by molar-refractivity contribution is 7.89. The molecule has 2 aliphatic rings. The summed E-state index contributed by atoms with van der Waals surface area (Å²) in [5, 5.41) is -0.259. The minimum absolute atomic E-state index is 0.0516. The predicted molar refractivity (Wildman–Crippen MR) is 108 cm³/mol. The molecule has 2 saturated heterocycles. The first-order chi connectivity index (χ1) is 13.5. The monoisotopic (exact) mass is 412 g/mol. The molecule has 7 nitrogen and oxygen atoms in total. The largest absolute Gasteiger partial charge is 0.497 e. The van der Waals surface area contributed by atoms with Gasteiger partial charge in [0.25, 0.3) is 0 Å². The van der Waals surface area contributed by atoms with E-state index in [0.29, 0.717) is 32.5 Å². The third kappa shape index (κ3) is 5.37. The van der Waals surface area contributed by atoms with Gasteiger partial charge >= 0.3 is 0 Å². The fourth-order valence-electron chi connectivity index (χ4n) is 3.91. The lowest BCUT2D eigenvalue weighted by molar-refractivity contribution is 0.129. The third-order valence-corrected chi connectivity index (χ3v) is 8.09. The zero-order valence-corrected chi connectivity index (χ0v) is 17.7. The van der Waals surface area contributed by atoms with Crippen LogP contribution >= 0.6 is 0 Å². The van der Waals surface area contributed by atoms with E-state index in [0.717, 1.165) is 44.0 Å². The fourth-order valence-corrected chi connectivity index (χ4v) is 5.86. The average molecular weight is 413 g/mol. The Labute approximate surface area is 168 Å². The van der Waals surface area contributed by atoms with Crippen molar-refractivity contribution >= 4 is 10.0 Å². The lowest BCUT2D eigenvalue weighted by Gasteiger charge is -2.37. The van der Waals surface area contributed by atoms with Gasteiger partial charge in [-0.1, -0.05) is 0 Å². The van der Waals surface area contributed by atoms with E-state index in [2.05, 4.69) is 4.90 Å². The highest BCUT2D eigenvalue weighted by Gasteiger charge is 2.36. The summed E-state index contributed by atoms with van der Waals surface area (Å²) in [6.45, 7) is 4.28. The standard InChI is InChI=1S/C20H32N2O5S/c1-25-16-15-21-11-9-20(10-12-21)28(23,24)22-13-7-19(8-14-22)27-18-5-3-17(26-2)4-6-18/h3-6,19-20H,7-16H2,1-2H3. The molecule has 0 atom stereocenters. The van der Waals surface area contributed by atoms with Crippen LogP contribution in [0.4, 0.5) is 0 Å². The minimum atomic E-state index is -3.23. The number of piperidine rings is 2. The first kappa shape index (κ1) is 21.4. The SMILES string of the molecule is COCCN1CCC(S(=O)(=O)N2CCC(Oc3ccc(OC)cc3)CC2)CC1. The van der Waals surface area contributed by atoms with Crippen LogP contribution in [0.1, 0.15) is 25.7 Å². The number of hydrogen-bond donors (Lipinski definition) is 0. The molecule has 0 saturated carbocycles. The smallest absolute Gasteiger partial charge is 0.217 e. The second-order valence-corrected chi connectivity index (χ2v) is 9.68. The van der Waals surface area contributed by atoms with E-state index in [9.17, 15) is 8.42 Å². The Kier molecular flexibility index (Phi) is 7.56. The van der Waals surface area contributed by atoms with E-state index in [1.807, 2.05) is 24.3 Å². The van der Waals surface area contributed by atoms with E-state index in [1.165, 1.54) is 0 Å². The van der Waals surface area contributed by atoms with Gasteiger partial charge in [-0.15, -0.1) is 0 Å². The Bertz CT molecular complexity index is 694. The lowest BCUT2D eigenvalue weighted by atomic mass is 10.1. The maximum absolute atomic E-state index is 13.0. The fraction of sp³-hybridized carbons (Fsp3) is 0.700. The Hall–Kier alpha value is -1.35. The van der Waals surface area contributed by atoms with E-state index >= 15 is 0 Å². The molecule has 0 amide bonds. The zero-order valence-electron chi connectivity index (χ0n) is 16.9. The number of nitrogens with zero attached hydrogens (tertiary/aromatic N) is 2. The van der Waals surface area contributed by atoms with Gasteiger partial charge in [-0.3, -0.25) is 0 Å². The molecule has 3 rings (SSSR count). The van der Waals surface area contributed by atoms with Crippen molar-refractivity contribution in [3.05, 3.63) is 24.3 Å². The maximum Gasteiger partial charge on any atom is 0.217 e. The summed E-state index contributed by atoms with van der Waals surface area (Å²) in [4.78, 5) is 2.28. The Morgan fingerprint density at radius 2 is 1.54 bits per heavy atom. The first-order valence-corrected chi connectivity index (χ1v) is 11.5. The predicted octanol–water partition coefficient (Wildman–Crippen LogP) is 1.98. The average Bonchev–Trinajstić information content (AvgIpc) is 2.73. The Morgan fingerprint density at radius 3 is 2.11 bits per heavy atom. The third-order valence-electron chi connectivity index (χ3n) is 5.69. The van der Waals surface area contributed by atoms with Crippen LogP contribution < -0.4 is 9.47 Å². The summed E-state index contributed by atoms with van der Waals surface area (Å²) in [5.41, 5.74) is 0. The second kappa shape index (κ2) is 9.91. The number of rotatable bonds is 8. The van der Waals surface area contributed by atoms with Crippen LogP contribution in [-0.4, -0.2) is 82.5 Å². The summed E-state index contributed by atoms with van der Waals surface area (Å²) in [6.07, 6.45) is 2.90. The van der Waals surface area contributed by atoms with E-state index in [1.54, 1.807) is 18.5 Å². The van der Waals surface area contributed by atoms with Crippen LogP contribution in [0, 0.1) is 0 Å². The van der Waals surface area contributed by atoms with Crippen LogP contribution in [0.15, 0.2) is 24.3 Å². The van der Waals surface area contributed by atoms with Crippen molar-refractivity contribution in [2.45, 2.75) is 37.0 Å². The molecule has 1 aromatic carbocycles. The molecule has 0 N–H and O–H groups in total. The van der Waals surface area contributed by atoms with Crippen molar-refractivity contribution in [1.82, 2.24) is 9.21 Å². The highest BCUT2D eigenvalue weighted by atomic mass is 32.2. The van der Waals surface area contributed by atoms with Gasteiger partial charge in [0, 0.05) is 26.7 Å². The molecule has 0 aromatic heterocycles. The molecule has 2 fully saturated rings. The molecule has 0 aliphatic carbocycles. The highest BCUT2D eigenvalue weighted by Crippen LogP contribution is 2.26. The van der Waals surface area contributed by atoms with Crippen molar-refractivity contribution in [3.63, 3.8) is 0 Å². The lowest BCUT2D eigenvalue weighted by Crippen LogP contribution is -2.49. The van der Waals surface area contributed by atoms with Crippen LogP contribution in [0.25, 0.3) is 0 Å². The van der Waals surface area contributed by atoms with Crippen molar-refractivity contribution < 1.29 is 22.6 Å². The van der Waals surface area contributed by atoms with Gasteiger partial charge in [-0.05, 0) is 63.0 Å². The number of benzene rings is 1. The van der Waals surface area contributed by atoms with Crippen LogP contribution in [-0.2, 0) is 14.8 Å². The van der Waals surface area contributed by atoms with Gasteiger partial charge in [-0.25, -0.2) is 12.7 Å². The topological polar surface area (TPSA) is 68.3 Å². The van der Waals surface area contributed by atoms with Gasteiger partial charge in [0.15, 0.2) is 0 Å². The van der Waals surface area contributed by atoms with E-state index in [4.69, 9.17) is 14.2 Å².